The third kappa shape index (κ3) is 2.91. The zero-order valence-electron chi connectivity index (χ0n) is 10.2. The molecule has 2 rings (SSSR count). The topological polar surface area (TPSA) is 24.9 Å². The van der Waals surface area contributed by atoms with Crippen LogP contribution in [0.2, 0.25) is 5.02 Å². The van der Waals surface area contributed by atoms with Crippen molar-refractivity contribution in [3.63, 3.8) is 0 Å². The van der Waals surface area contributed by atoms with Crippen LogP contribution in [0.5, 0.6) is 0 Å². The molecule has 1 atom stereocenters. The van der Waals surface area contributed by atoms with Gasteiger partial charge in [0, 0.05) is 16.4 Å². The lowest BCUT2D eigenvalue weighted by atomic mass is 10.0. The lowest BCUT2D eigenvalue weighted by molar-refractivity contribution is 0.688. The Kier molecular flexibility index (Phi) is 4.38. The molecule has 0 aliphatic rings. The highest BCUT2D eigenvalue weighted by molar-refractivity contribution is 9.10. The average molecular weight is 326 g/mol. The molecule has 2 nitrogen and oxygen atoms in total. The number of nitrogens with zero attached hydrogens (tertiary/aromatic N) is 1. The minimum atomic E-state index is 0.101. The summed E-state index contributed by atoms with van der Waals surface area (Å²) in [7, 11) is 1.93. The van der Waals surface area contributed by atoms with E-state index in [1.165, 1.54) is 0 Å². The molecule has 1 aromatic heterocycles. The largest absolute Gasteiger partial charge is 0.309 e. The molecule has 1 unspecified atom stereocenters. The standard InChI is InChI=1S/C14H14BrClN2/c1-9-3-4-11(8-18-9)14(17-2)10-5-6-12(15)13(16)7-10/h3-8,14,17H,1-2H3. The molecule has 2 aromatic rings. The van der Waals surface area contributed by atoms with Crippen LogP contribution in [0, 0.1) is 6.92 Å². The van der Waals surface area contributed by atoms with Gasteiger partial charge >= 0.3 is 0 Å². The zero-order valence-corrected chi connectivity index (χ0v) is 12.6. The van der Waals surface area contributed by atoms with Gasteiger partial charge in [-0.15, -0.1) is 0 Å². The summed E-state index contributed by atoms with van der Waals surface area (Å²) < 4.78 is 0.907. The van der Waals surface area contributed by atoms with E-state index in [0.29, 0.717) is 5.02 Å². The van der Waals surface area contributed by atoms with Crippen molar-refractivity contribution < 1.29 is 0 Å². The lowest BCUT2D eigenvalue weighted by Crippen LogP contribution is -2.17. The Morgan fingerprint density at radius 3 is 2.50 bits per heavy atom. The first-order chi connectivity index (χ1) is 8.61. The van der Waals surface area contributed by atoms with E-state index < -0.39 is 0 Å². The number of benzene rings is 1. The van der Waals surface area contributed by atoms with Gasteiger partial charge in [0.25, 0.3) is 0 Å². The van der Waals surface area contributed by atoms with Crippen LogP contribution in [0.4, 0.5) is 0 Å². The highest BCUT2D eigenvalue weighted by Gasteiger charge is 2.13. The van der Waals surface area contributed by atoms with Crippen LogP contribution in [-0.2, 0) is 0 Å². The highest BCUT2D eigenvalue weighted by Crippen LogP contribution is 2.28. The molecule has 1 aromatic carbocycles. The highest BCUT2D eigenvalue weighted by atomic mass is 79.9. The van der Waals surface area contributed by atoms with Crippen molar-refractivity contribution >= 4 is 27.5 Å². The predicted molar refractivity (Wildman–Crippen MR) is 79.0 cm³/mol. The molecule has 0 aliphatic carbocycles. The molecular weight excluding hydrogens is 312 g/mol. The SMILES string of the molecule is CNC(c1ccc(C)nc1)c1ccc(Br)c(Cl)c1. The van der Waals surface area contributed by atoms with E-state index in [1.54, 1.807) is 0 Å². The maximum absolute atomic E-state index is 6.14. The molecule has 0 saturated heterocycles. The third-order valence-electron chi connectivity index (χ3n) is 2.83. The quantitative estimate of drug-likeness (QED) is 0.918. The fourth-order valence-corrected chi connectivity index (χ4v) is 2.30. The van der Waals surface area contributed by atoms with Gasteiger partial charge in [0.2, 0.25) is 0 Å². The van der Waals surface area contributed by atoms with E-state index in [2.05, 4.69) is 38.4 Å². The summed E-state index contributed by atoms with van der Waals surface area (Å²) in [5, 5.41) is 4.00. The van der Waals surface area contributed by atoms with E-state index >= 15 is 0 Å². The molecule has 0 bridgehead atoms. The van der Waals surface area contributed by atoms with Gasteiger partial charge in [0.05, 0.1) is 11.1 Å². The van der Waals surface area contributed by atoms with Crippen molar-refractivity contribution in [1.82, 2.24) is 10.3 Å². The lowest BCUT2D eigenvalue weighted by Gasteiger charge is -2.17. The van der Waals surface area contributed by atoms with Crippen molar-refractivity contribution in [3.8, 4) is 0 Å². The van der Waals surface area contributed by atoms with E-state index in [0.717, 1.165) is 21.3 Å². The first-order valence-electron chi connectivity index (χ1n) is 5.66. The molecule has 0 spiro atoms. The van der Waals surface area contributed by atoms with Crippen LogP contribution < -0.4 is 5.32 Å². The number of hydrogen-bond acceptors (Lipinski definition) is 2. The second-order valence-corrected chi connectivity index (χ2v) is 5.39. The van der Waals surface area contributed by atoms with Crippen LogP contribution in [0.3, 0.4) is 0 Å². The van der Waals surface area contributed by atoms with E-state index in [-0.39, 0.29) is 6.04 Å². The van der Waals surface area contributed by atoms with Crippen LogP contribution in [-0.4, -0.2) is 12.0 Å². The Hall–Kier alpha value is -0.900. The Balaban J connectivity index is 2.38. The maximum Gasteiger partial charge on any atom is 0.0590 e. The number of hydrogen-bond donors (Lipinski definition) is 1. The minimum Gasteiger partial charge on any atom is -0.309 e. The molecule has 4 heteroatoms. The summed E-state index contributed by atoms with van der Waals surface area (Å²) in [6.45, 7) is 1.98. The predicted octanol–water partition coefficient (Wildman–Crippen LogP) is 4.11. The molecule has 1 N–H and O–H groups in total. The summed E-state index contributed by atoms with van der Waals surface area (Å²) in [4.78, 5) is 4.33. The Bertz CT molecular complexity index is 540. The Morgan fingerprint density at radius 1 is 1.22 bits per heavy atom. The summed E-state index contributed by atoms with van der Waals surface area (Å²) in [5.74, 6) is 0. The Labute approximate surface area is 121 Å². The van der Waals surface area contributed by atoms with Crippen molar-refractivity contribution in [3.05, 3.63) is 62.8 Å². The Morgan fingerprint density at radius 2 is 1.94 bits per heavy atom. The number of aromatic nitrogens is 1. The fraction of sp³-hybridized carbons (Fsp3) is 0.214. The third-order valence-corrected chi connectivity index (χ3v) is 4.07. The summed E-state index contributed by atoms with van der Waals surface area (Å²) >= 11 is 9.54. The molecule has 0 saturated carbocycles. The molecular formula is C14H14BrClN2. The number of rotatable bonds is 3. The molecule has 0 aliphatic heterocycles. The molecule has 0 radical (unpaired) electrons. The fourth-order valence-electron chi connectivity index (χ4n) is 1.87. The molecule has 0 amide bonds. The maximum atomic E-state index is 6.14. The van der Waals surface area contributed by atoms with Gasteiger partial charge < -0.3 is 5.32 Å². The number of nitrogens with one attached hydrogen (secondary N) is 1. The summed E-state index contributed by atoms with van der Waals surface area (Å²) in [6, 6.07) is 10.2. The second kappa shape index (κ2) is 5.83. The minimum absolute atomic E-state index is 0.101. The molecule has 1 heterocycles. The van der Waals surface area contributed by atoms with Gasteiger partial charge in [-0.2, -0.15) is 0 Å². The summed E-state index contributed by atoms with van der Waals surface area (Å²) in [5.41, 5.74) is 3.26. The molecule has 0 fully saturated rings. The van der Waals surface area contributed by atoms with Crippen molar-refractivity contribution in [2.24, 2.45) is 0 Å². The van der Waals surface area contributed by atoms with Gasteiger partial charge in [-0.05, 0) is 59.2 Å². The van der Waals surface area contributed by atoms with Crippen LogP contribution in [0.25, 0.3) is 0 Å². The number of aryl methyl sites for hydroxylation is 1. The number of pyridine rings is 1. The number of halogens is 2. The molecule has 94 valence electrons. The monoisotopic (exact) mass is 324 g/mol. The van der Waals surface area contributed by atoms with E-state index in [4.69, 9.17) is 11.6 Å². The van der Waals surface area contributed by atoms with Crippen molar-refractivity contribution in [2.75, 3.05) is 7.05 Å². The van der Waals surface area contributed by atoms with Crippen molar-refractivity contribution in [2.45, 2.75) is 13.0 Å². The van der Waals surface area contributed by atoms with Gasteiger partial charge in [-0.1, -0.05) is 23.7 Å². The van der Waals surface area contributed by atoms with Crippen molar-refractivity contribution in [1.29, 1.82) is 0 Å². The van der Waals surface area contributed by atoms with E-state index in [9.17, 15) is 0 Å². The smallest absolute Gasteiger partial charge is 0.0590 e. The first-order valence-corrected chi connectivity index (χ1v) is 6.83. The van der Waals surface area contributed by atoms with Crippen LogP contribution in [0.15, 0.2) is 41.0 Å². The van der Waals surface area contributed by atoms with Gasteiger partial charge in [-0.25, -0.2) is 0 Å². The van der Waals surface area contributed by atoms with Gasteiger partial charge in [0.1, 0.15) is 0 Å². The van der Waals surface area contributed by atoms with E-state index in [1.807, 2.05) is 38.4 Å². The van der Waals surface area contributed by atoms with Crippen LogP contribution in [0.1, 0.15) is 22.9 Å². The second-order valence-electron chi connectivity index (χ2n) is 4.13. The normalized spacial score (nSPS) is 12.4. The average Bonchev–Trinajstić information content (AvgIpc) is 2.37. The van der Waals surface area contributed by atoms with Gasteiger partial charge in [-0.3, -0.25) is 4.98 Å². The van der Waals surface area contributed by atoms with Gasteiger partial charge in [0.15, 0.2) is 0 Å². The molecule has 18 heavy (non-hydrogen) atoms. The van der Waals surface area contributed by atoms with Crippen LogP contribution >= 0.6 is 27.5 Å². The zero-order chi connectivity index (χ0) is 13.1. The summed E-state index contributed by atoms with van der Waals surface area (Å²) in [6.07, 6.45) is 1.90. The first kappa shape index (κ1) is 13.5.